The zero-order valence-corrected chi connectivity index (χ0v) is 14.6. The number of pyridine rings is 1. The summed E-state index contributed by atoms with van der Waals surface area (Å²) in [5, 5.41) is 3.12. The Balaban J connectivity index is 1.33. The monoisotopic (exact) mass is 333 g/mol. The normalized spacial score (nSPS) is 23.0. The molecular weight excluding hydrogens is 306 g/mol. The maximum atomic E-state index is 12.0. The molecule has 0 aromatic carbocycles. The SMILES string of the molecule is O=C(CSc1ccncc1)NC[C@@H]1CCN(C2CCCCC2)C1. The number of amides is 1. The largest absolute Gasteiger partial charge is 0.355 e. The van der Waals surface area contributed by atoms with Gasteiger partial charge in [0, 0.05) is 36.4 Å². The molecule has 0 radical (unpaired) electrons. The van der Waals surface area contributed by atoms with Crippen LogP contribution < -0.4 is 5.32 Å². The molecule has 0 bridgehead atoms. The molecule has 0 unspecified atom stereocenters. The minimum atomic E-state index is 0.142. The van der Waals surface area contributed by atoms with Crippen molar-refractivity contribution in [2.45, 2.75) is 49.5 Å². The van der Waals surface area contributed by atoms with Crippen LogP contribution in [-0.2, 0) is 4.79 Å². The fraction of sp³-hybridized carbons (Fsp3) is 0.667. The molecule has 5 heteroatoms. The number of aromatic nitrogens is 1. The van der Waals surface area contributed by atoms with E-state index >= 15 is 0 Å². The maximum absolute atomic E-state index is 12.0. The lowest BCUT2D eigenvalue weighted by Gasteiger charge is -2.31. The van der Waals surface area contributed by atoms with Crippen molar-refractivity contribution in [1.29, 1.82) is 0 Å². The van der Waals surface area contributed by atoms with E-state index in [-0.39, 0.29) is 5.91 Å². The van der Waals surface area contributed by atoms with E-state index in [1.54, 1.807) is 24.2 Å². The molecule has 0 spiro atoms. The topological polar surface area (TPSA) is 45.2 Å². The Hall–Kier alpha value is -1.07. The number of nitrogens with zero attached hydrogens (tertiary/aromatic N) is 2. The summed E-state index contributed by atoms with van der Waals surface area (Å²) in [5.41, 5.74) is 0. The smallest absolute Gasteiger partial charge is 0.230 e. The van der Waals surface area contributed by atoms with Gasteiger partial charge in [0.05, 0.1) is 5.75 Å². The molecular formula is C18H27N3OS. The highest BCUT2D eigenvalue weighted by Gasteiger charge is 2.29. The van der Waals surface area contributed by atoms with Gasteiger partial charge in [-0.2, -0.15) is 0 Å². The number of thioether (sulfide) groups is 1. The van der Waals surface area contributed by atoms with Crippen LogP contribution in [-0.4, -0.2) is 47.2 Å². The summed E-state index contributed by atoms with van der Waals surface area (Å²) in [4.78, 5) is 19.7. The molecule has 2 fully saturated rings. The molecule has 1 atom stereocenters. The van der Waals surface area contributed by atoms with Crippen molar-refractivity contribution in [2.24, 2.45) is 5.92 Å². The molecule has 1 aliphatic carbocycles. The molecule has 1 amide bonds. The number of carbonyl (C=O) groups excluding carboxylic acids is 1. The first kappa shape index (κ1) is 16.8. The second kappa shape index (κ2) is 8.69. The van der Waals surface area contributed by atoms with Gasteiger partial charge in [-0.3, -0.25) is 9.78 Å². The first-order valence-electron chi connectivity index (χ1n) is 8.85. The number of hydrogen-bond acceptors (Lipinski definition) is 4. The Bertz CT molecular complexity index is 490. The lowest BCUT2D eigenvalue weighted by molar-refractivity contribution is -0.118. The first-order chi connectivity index (χ1) is 11.3. The second-order valence-electron chi connectivity index (χ2n) is 6.72. The van der Waals surface area contributed by atoms with E-state index in [2.05, 4.69) is 15.2 Å². The van der Waals surface area contributed by atoms with E-state index in [1.165, 1.54) is 51.6 Å². The van der Waals surface area contributed by atoms with Gasteiger partial charge in [0.2, 0.25) is 5.91 Å². The second-order valence-corrected chi connectivity index (χ2v) is 7.77. The molecule has 126 valence electrons. The van der Waals surface area contributed by atoms with Gasteiger partial charge in [0.1, 0.15) is 0 Å². The van der Waals surface area contributed by atoms with Crippen LogP contribution in [0.15, 0.2) is 29.4 Å². The van der Waals surface area contributed by atoms with Crippen LogP contribution in [0.3, 0.4) is 0 Å². The van der Waals surface area contributed by atoms with Gasteiger partial charge >= 0.3 is 0 Å². The van der Waals surface area contributed by atoms with Gasteiger partial charge in [-0.15, -0.1) is 11.8 Å². The standard InChI is InChI=1S/C18H27N3OS/c22-18(14-23-17-6-9-19-10-7-17)20-12-15-8-11-21(13-15)16-4-2-1-3-5-16/h6-7,9-10,15-16H,1-5,8,11-14H2,(H,20,22)/t15-/m0/s1. The zero-order valence-electron chi connectivity index (χ0n) is 13.7. The average Bonchev–Trinajstić information content (AvgIpc) is 3.09. The van der Waals surface area contributed by atoms with Crippen LogP contribution in [0.4, 0.5) is 0 Å². The number of carbonyl (C=O) groups is 1. The molecule has 1 saturated carbocycles. The molecule has 1 aromatic heterocycles. The van der Waals surface area contributed by atoms with E-state index < -0.39 is 0 Å². The van der Waals surface area contributed by atoms with Gasteiger partial charge in [0.15, 0.2) is 0 Å². The summed E-state index contributed by atoms with van der Waals surface area (Å²) in [7, 11) is 0. The average molecular weight is 334 g/mol. The minimum absolute atomic E-state index is 0.142. The van der Waals surface area contributed by atoms with Gasteiger partial charge in [-0.25, -0.2) is 0 Å². The molecule has 1 N–H and O–H groups in total. The third kappa shape index (κ3) is 5.21. The van der Waals surface area contributed by atoms with Crippen LogP contribution in [0.5, 0.6) is 0 Å². The summed E-state index contributed by atoms with van der Waals surface area (Å²) in [6.07, 6.45) is 11.7. The van der Waals surface area contributed by atoms with Crippen molar-refractivity contribution >= 4 is 17.7 Å². The predicted octanol–water partition coefficient (Wildman–Crippen LogP) is 2.94. The van der Waals surface area contributed by atoms with Crippen molar-refractivity contribution in [1.82, 2.24) is 15.2 Å². The fourth-order valence-electron chi connectivity index (χ4n) is 3.70. The third-order valence-corrected chi connectivity index (χ3v) is 6.03. The molecule has 23 heavy (non-hydrogen) atoms. The predicted molar refractivity (Wildman–Crippen MR) is 94.5 cm³/mol. The zero-order chi connectivity index (χ0) is 15.9. The number of likely N-dealkylation sites (tertiary alicyclic amines) is 1. The van der Waals surface area contributed by atoms with Crippen molar-refractivity contribution in [2.75, 3.05) is 25.4 Å². The van der Waals surface area contributed by atoms with Crippen molar-refractivity contribution in [3.05, 3.63) is 24.5 Å². The summed E-state index contributed by atoms with van der Waals surface area (Å²) in [6, 6.07) is 4.69. The highest BCUT2D eigenvalue weighted by atomic mass is 32.2. The van der Waals surface area contributed by atoms with Gasteiger partial charge in [-0.1, -0.05) is 19.3 Å². The molecule has 4 nitrogen and oxygen atoms in total. The molecule has 2 aliphatic rings. The summed E-state index contributed by atoms with van der Waals surface area (Å²) in [6.45, 7) is 3.22. The number of nitrogens with one attached hydrogen (secondary N) is 1. The molecule has 1 aromatic rings. The van der Waals surface area contributed by atoms with Crippen LogP contribution in [0.1, 0.15) is 38.5 Å². The van der Waals surface area contributed by atoms with E-state index in [1.807, 2.05) is 12.1 Å². The van der Waals surface area contributed by atoms with Crippen molar-refractivity contribution < 1.29 is 4.79 Å². The van der Waals surface area contributed by atoms with Crippen molar-refractivity contribution in [3.63, 3.8) is 0 Å². The van der Waals surface area contributed by atoms with E-state index in [0.29, 0.717) is 11.7 Å². The lowest BCUT2D eigenvalue weighted by Crippen LogP contribution is -2.36. The van der Waals surface area contributed by atoms with Crippen LogP contribution >= 0.6 is 11.8 Å². The molecule has 2 heterocycles. The van der Waals surface area contributed by atoms with Gasteiger partial charge in [-0.05, 0) is 43.9 Å². The quantitative estimate of drug-likeness (QED) is 0.813. The molecule has 1 saturated heterocycles. The Morgan fingerprint density at radius 3 is 2.78 bits per heavy atom. The summed E-state index contributed by atoms with van der Waals surface area (Å²) in [5.74, 6) is 1.26. The highest BCUT2D eigenvalue weighted by Crippen LogP contribution is 2.27. The van der Waals surface area contributed by atoms with E-state index in [0.717, 1.165) is 17.5 Å². The fourth-order valence-corrected chi connectivity index (χ4v) is 4.41. The minimum Gasteiger partial charge on any atom is -0.355 e. The van der Waals surface area contributed by atoms with Crippen LogP contribution in [0, 0.1) is 5.92 Å². The van der Waals surface area contributed by atoms with Gasteiger partial charge in [0.25, 0.3) is 0 Å². The maximum Gasteiger partial charge on any atom is 0.230 e. The summed E-state index contributed by atoms with van der Waals surface area (Å²) >= 11 is 1.57. The summed E-state index contributed by atoms with van der Waals surface area (Å²) < 4.78 is 0. The van der Waals surface area contributed by atoms with Crippen LogP contribution in [0.2, 0.25) is 0 Å². The number of hydrogen-bond donors (Lipinski definition) is 1. The molecule has 3 rings (SSSR count). The Morgan fingerprint density at radius 2 is 2.00 bits per heavy atom. The highest BCUT2D eigenvalue weighted by molar-refractivity contribution is 8.00. The number of rotatable bonds is 6. The Labute approximate surface area is 143 Å². The van der Waals surface area contributed by atoms with Crippen molar-refractivity contribution in [3.8, 4) is 0 Å². The van der Waals surface area contributed by atoms with Crippen LogP contribution in [0.25, 0.3) is 0 Å². The Kier molecular flexibility index (Phi) is 6.34. The Morgan fingerprint density at radius 1 is 1.22 bits per heavy atom. The third-order valence-electron chi connectivity index (χ3n) is 5.02. The van der Waals surface area contributed by atoms with E-state index in [4.69, 9.17) is 0 Å². The van der Waals surface area contributed by atoms with E-state index in [9.17, 15) is 4.79 Å². The van der Waals surface area contributed by atoms with Gasteiger partial charge < -0.3 is 10.2 Å². The lowest BCUT2D eigenvalue weighted by atomic mass is 9.94. The molecule has 1 aliphatic heterocycles. The first-order valence-corrected chi connectivity index (χ1v) is 9.83.